The summed E-state index contributed by atoms with van der Waals surface area (Å²) in [5.41, 5.74) is 0.707. The van der Waals surface area contributed by atoms with Gasteiger partial charge in [0.1, 0.15) is 17.1 Å². The predicted molar refractivity (Wildman–Crippen MR) is 114 cm³/mol. The molecule has 1 unspecified atom stereocenters. The minimum Gasteiger partial charge on any atom is -0.494 e. The molecule has 3 aromatic rings. The third-order valence-corrected chi connectivity index (χ3v) is 5.40. The highest BCUT2D eigenvalue weighted by Gasteiger charge is 2.42. The molecule has 0 N–H and O–H groups in total. The van der Waals surface area contributed by atoms with Crippen molar-refractivity contribution >= 4 is 16.9 Å². The number of hydrogen-bond donors (Lipinski definition) is 0. The Hall–Kier alpha value is -3.19. The van der Waals surface area contributed by atoms with Gasteiger partial charge in [-0.05, 0) is 42.3 Å². The third-order valence-electron chi connectivity index (χ3n) is 5.40. The van der Waals surface area contributed by atoms with E-state index in [0.29, 0.717) is 19.0 Å². The number of amides is 1. The molecule has 0 fully saturated rings. The van der Waals surface area contributed by atoms with E-state index < -0.39 is 23.2 Å². The summed E-state index contributed by atoms with van der Waals surface area (Å²) in [6.07, 6.45) is 1.94. The fourth-order valence-corrected chi connectivity index (χ4v) is 3.87. The van der Waals surface area contributed by atoms with Gasteiger partial charge in [0, 0.05) is 13.7 Å². The first-order valence-electron chi connectivity index (χ1n) is 10.3. The minimum atomic E-state index is -0.670. The maximum absolute atomic E-state index is 13.8. The van der Waals surface area contributed by atoms with Crippen molar-refractivity contribution in [2.45, 2.75) is 25.8 Å². The lowest BCUT2D eigenvalue weighted by molar-refractivity contribution is 0.0663. The van der Waals surface area contributed by atoms with Crippen molar-refractivity contribution < 1.29 is 23.1 Å². The molecule has 0 saturated heterocycles. The van der Waals surface area contributed by atoms with E-state index in [4.69, 9.17) is 13.9 Å². The highest BCUT2D eigenvalue weighted by molar-refractivity contribution is 5.99. The van der Waals surface area contributed by atoms with Gasteiger partial charge in [0.15, 0.2) is 5.43 Å². The van der Waals surface area contributed by atoms with Crippen LogP contribution in [-0.2, 0) is 4.74 Å². The lowest BCUT2D eigenvalue weighted by Crippen LogP contribution is -2.32. The van der Waals surface area contributed by atoms with Crippen molar-refractivity contribution in [1.29, 1.82) is 0 Å². The van der Waals surface area contributed by atoms with Crippen molar-refractivity contribution in [1.82, 2.24) is 4.90 Å². The molecule has 1 aliphatic heterocycles. The van der Waals surface area contributed by atoms with Crippen molar-refractivity contribution in [2.75, 3.05) is 26.9 Å². The number of unbranched alkanes of at least 4 members (excludes halogenated alkanes) is 1. The van der Waals surface area contributed by atoms with E-state index in [1.807, 2.05) is 24.3 Å². The van der Waals surface area contributed by atoms with Gasteiger partial charge in [-0.2, -0.15) is 0 Å². The Morgan fingerprint density at radius 3 is 2.74 bits per heavy atom. The quantitative estimate of drug-likeness (QED) is 0.503. The molecule has 7 heteroatoms. The van der Waals surface area contributed by atoms with Crippen LogP contribution in [0.15, 0.2) is 51.7 Å². The summed E-state index contributed by atoms with van der Waals surface area (Å²) in [4.78, 5) is 28.1. The van der Waals surface area contributed by atoms with Gasteiger partial charge in [0.2, 0.25) is 5.76 Å². The van der Waals surface area contributed by atoms with Crippen LogP contribution in [0.3, 0.4) is 0 Å². The lowest BCUT2D eigenvalue weighted by Gasteiger charge is -2.25. The number of hydrogen-bond acceptors (Lipinski definition) is 5. The Bertz CT molecular complexity index is 1170. The van der Waals surface area contributed by atoms with Gasteiger partial charge in [-0.1, -0.05) is 25.5 Å². The van der Waals surface area contributed by atoms with Crippen LogP contribution in [-0.4, -0.2) is 37.7 Å². The van der Waals surface area contributed by atoms with E-state index in [9.17, 15) is 14.0 Å². The van der Waals surface area contributed by atoms with Crippen LogP contribution in [0, 0.1) is 5.82 Å². The zero-order valence-electron chi connectivity index (χ0n) is 17.5. The molecule has 1 atom stereocenters. The van der Waals surface area contributed by atoms with Crippen molar-refractivity contribution in [3.63, 3.8) is 0 Å². The first-order valence-corrected chi connectivity index (χ1v) is 10.3. The molecule has 1 aliphatic rings. The SMILES string of the molecule is CCCCOc1cccc(C2c3c(oc4ccc(F)cc4c3=O)C(=O)N2CCOC)c1. The summed E-state index contributed by atoms with van der Waals surface area (Å²) in [6.45, 7) is 3.24. The van der Waals surface area contributed by atoms with Crippen LogP contribution in [0.1, 0.15) is 47.5 Å². The first-order chi connectivity index (χ1) is 15.0. The summed E-state index contributed by atoms with van der Waals surface area (Å²) < 4.78 is 30.6. The van der Waals surface area contributed by atoms with E-state index in [1.54, 1.807) is 12.0 Å². The van der Waals surface area contributed by atoms with E-state index in [1.165, 1.54) is 12.1 Å². The molecule has 1 aromatic heterocycles. The summed E-state index contributed by atoms with van der Waals surface area (Å²) >= 11 is 0. The van der Waals surface area contributed by atoms with E-state index in [2.05, 4.69) is 6.92 Å². The molecule has 0 spiro atoms. The van der Waals surface area contributed by atoms with Gasteiger partial charge >= 0.3 is 0 Å². The maximum Gasteiger partial charge on any atom is 0.290 e. The van der Waals surface area contributed by atoms with E-state index >= 15 is 0 Å². The molecule has 0 aliphatic carbocycles. The largest absolute Gasteiger partial charge is 0.494 e. The normalized spacial score (nSPS) is 15.5. The molecule has 31 heavy (non-hydrogen) atoms. The third kappa shape index (κ3) is 3.93. The van der Waals surface area contributed by atoms with Gasteiger partial charge in [-0.3, -0.25) is 9.59 Å². The monoisotopic (exact) mass is 425 g/mol. The number of fused-ring (bicyclic) bond motifs is 2. The first kappa shape index (κ1) is 21.1. The number of benzene rings is 2. The van der Waals surface area contributed by atoms with Crippen molar-refractivity contribution in [2.24, 2.45) is 0 Å². The topological polar surface area (TPSA) is 69.0 Å². The number of rotatable bonds is 8. The van der Waals surface area contributed by atoms with Crippen LogP contribution in [0.25, 0.3) is 11.0 Å². The van der Waals surface area contributed by atoms with Gasteiger partial charge < -0.3 is 18.8 Å². The Labute approximate surface area is 179 Å². The second-order valence-corrected chi connectivity index (χ2v) is 7.48. The second kappa shape index (κ2) is 8.89. The number of halogens is 1. The molecule has 162 valence electrons. The summed E-state index contributed by atoms with van der Waals surface area (Å²) in [6, 6.07) is 10.4. The molecule has 0 radical (unpaired) electrons. The predicted octanol–water partition coefficient (Wildman–Crippen LogP) is 4.30. The molecule has 0 saturated carbocycles. The number of carbonyl (C=O) groups excluding carboxylic acids is 1. The lowest BCUT2D eigenvalue weighted by atomic mass is 9.98. The van der Waals surface area contributed by atoms with Crippen LogP contribution >= 0.6 is 0 Å². The van der Waals surface area contributed by atoms with Crippen LogP contribution in [0.5, 0.6) is 5.75 Å². The average Bonchev–Trinajstić information content (AvgIpc) is 3.05. The number of nitrogens with zero attached hydrogens (tertiary/aromatic N) is 1. The number of methoxy groups -OCH3 is 1. The zero-order valence-corrected chi connectivity index (χ0v) is 17.5. The summed E-state index contributed by atoms with van der Waals surface area (Å²) in [5.74, 6) is -0.279. The molecule has 4 rings (SSSR count). The molecular formula is C24H24FNO5. The Kier molecular flexibility index (Phi) is 6.04. The van der Waals surface area contributed by atoms with Gasteiger partial charge in [0.25, 0.3) is 5.91 Å². The van der Waals surface area contributed by atoms with Crippen LogP contribution < -0.4 is 10.2 Å². The zero-order chi connectivity index (χ0) is 22.0. The number of ether oxygens (including phenoxy) is 2. The van der Waals surface area contributed by atoms with Crippen LogP contribution in [0.4, 0.5) is 4.39 Å². The molecule has 2 heterocycles. The standard InChI is InChI=1S/C24H24FNO5/c1-3-4-11-30-17-7-5-6-15(13-17)21-20-22(27)18-14-16(25)8-9-19(18)31-23(20)24(28)26(21)10-12-29-2/h5-9,13-14,21H,3-4,10-12H2,1-2H3. The molecular weight excluding hydrogens is 401 g/mol. The summed E-state index contributed by atoms with van der Waals surface area (Å²) in [7, 11) is 1.55. The van der Waals surface area contributed by atoms with Crippen molar-refractivity contribution in [3.8, 4) is 5.75 Å². The second-order valence-electron chi connectivity index (χ2n) is 7.48. The fraction of sp³-hybridized carbons (Fsp3) is 0.333. The Morgan fingerprint density at radius 1 is 1.13 bits per heavy atom. The van der Waals surface area contributed by atoms with Gasteiger partial charge in [0.05, 0.1) is 30.2 Å². The minimum absolute atomic E-state index is 0.0116. The molecule has 0 bridgehead atoms. The maximum atomic E-state index is 13.8. The van der Waals surface area contributed by atoms with Crippen molar-refractivity contribution in [3.05, 3.63) is 75.4 Å². The van der Waals surface area contributed by atoms with E-state index in [0.717, 1.165) is 24.5 Å². The van der Waals surface area contributed by atoms with Gasteiger partial charge in [-0.15, -0.1) is 0 Å². The average molecular weight is 425 g/mol. The fourth-order valence-electron chi connectivity index (χ4n) is 3.87. The highest BCUT2D eigenvalue weighted by atomic mass is 19.1. The Balaban J connectivity index is 1.85. The molecule has 6 nitrogen and oxygen atoms in total. The Morgan fingerprint density at radius 2 is 1.97 bits per heavy atom. The van der Waals surface area contributed by atoms with Gasteiger partial charge in [-0.25, -0.2) is 4.39 Å². The summed E-state index contributed by atoms with van der Waals surface area (Å²) in [5, 5.41) is 0.112. The highest BCUT2D eigenvalue weighted by Crippen LogP contribution is 2.38. The van der Waals surface area contributed by atoms with E-state index in [-0.39, 0.29) is 28.8 Å². The van der Waals surface area contributed by atoms with Crippen LogP contribution in [0.2, 0.25) is 0 Å². The molecule has 2 aromatic carbocycles. The molecule has 1 amide bonds. The number of carbonyl (C=O) groups is 1. The smallest absolute Gasteiger partial charge is 0.290 e.